The van der Waals surface area contributed by atoms with Gasteiger partial charge in [-0.05, 0) is 26.1 Å². The molecule has 0 bridgehead atoms. The van der Waals surface area contributed by atoms with Crippen molar-refractivity contribution in [2.24, 2.45) is 0 Å². The van der Waals surface area contributed by atoms with Crippen molar-refractivity contribution in [3.05, 3.63) is 40.8 Å². The van der Waals surface area contributed by atoms with E-state index < -0.39 is 0 Å². The molecule has 102 valence electrons. The first-order valence-corrected chi connectivity index (χ1v) is 6.91. The van der Waals surface area contributed by atoms with Crippen LogP contribution in [0.3, 0.4) is 0 Å². The van der Waals surface area contributed by atoms with E-state index in [1.807, 2.05) is 43.1 Å². The molecule has 0 fully saturated rings. The predicted molar refractivity (Wildman–Crippen MR) is 77.7 cm³/mol. The molecule has 1 aromatic carbocycles. The molecule has 1 heterocycles. The van der Waals surface area contributed by atoms with Gasteiger partial charge in [0.05, 0.1) is 19.3 Å². The monoisotopic (exact) mass is 324 g/mol. The summed E-state index contributed by atoms with van der Waals surface area (Å²) < 4.78 is 6.76. The van der Waals surface area contributed by atoms with E-state index in [1.165, 1.54) is 0 Å². The number of nitrogens with zero attached hydrogens (tertiary/aromatic N) is 2. The minimum atomic E-state index is 0.0861. The van der Waals surface area contributed by atoms with E-state index in [9.17, 15) is 0 Å². The highest BCUT2D eigenvalue weighted by atomic mass is 79.9. The molecule has 1 N–H and O–H groups in total. The SMILES string of the molecule is CC(CO)N(C)Cc1ncc(-c2ccc(Br)cc2)o1. The normalized spacial score (nSPS) is 12.9. The van der Waals surface area contributed by atoms with Gasteiger partial charge < -0.3 is 9.52 Å². The molecule has 0 aliphatic carbocycles. The number of halogens is 1. The van der Waals surface area contributed by atoms with Crippen molar-refractivity contribution in [2.75, 3.05) is 13.7 Å². The maximum absolute atomic E-state index is 9.10. The van der Waals surface area contributed by atoms with Crippen LogP contribution >= 0.6 is 15.9 Å². The van der Waals surface area contributed by atoms with E-state index >= 15 is 0 Å². The van der Waals surface area contributed by atoms with Crippen LogP contribution in [0, 0.1) is 0 Å². The highest BCUT2D eigenvalue weighted by Gasteiger charge is 2.12. The van der Waals surface area contributed by atoms with Crippen LogP contribution in [-0.4, -0.2) is 34.7 Å². The Bertz CT molecular complexity index is 524. The van der Waals surface area contributed by atoms with Crippen LogP contribution in [-0.2, 0) is 6.54 Å². The van der Waals surface area contributed by atoms with Gasteiger partial charge >= 0.3 is 0 Å². The number of benzene rings is 1. The molecule has 2 aromatic rings. The Morgan fingerprint density at radius 3 is 2.68 bits per heavy atom. The molecule has 0 radical (unpaired) electrons. The zero-order valence-electron chi connectivity index (χ0n) is 11.0. The van der Waals surface area contributed by atoms with Crippen LogP contribution in [0.25, 0.3) is 11.3 Å². The fourth-order valence-corrected chi connectivity index (χ4v) is 1.90. The molecule has 0 aliphatic heterocycles. The molecule has 2 rings (SSSR count). The number of oxazole rings is 1. The van der Waals surface area contributed by atoms with Crippen LogP contribution < -0.4 is 0 Å². The van der Waals surface area contributed by atoms with Crippen LogP contribution in [0.5, 0.6) is 0 Å². The Labute approximate surface area is 121 Å². The van der Waals surface area contributed by atoms with Crippen molar-refractivity contribution in [3.63, 3.8) is 0 Å². The van der Waals surface area contributed by atoms with Gasteiger partial charge in [-0.15, -0.1) is 0 Å². The summed E-state index contributed by atoms with van der Waals surface area (Å²) in [5, 5.41) is 9.10. The summed E-state index contributed by atoms with van der Waals surface area (Å²) in [6, 6.07) is 7.99. The molecule has 0 aliphatic rings. The molecule has 0 saturated heterocycles. The van der Waals surface area contributed by atoms with Crippen molar-refractivity contribution in [3.8, 4) is 11.3 Å². The molecule has 0 spiro atoms. The van der Waals surface area contributed by atoms with Gasteiger partial charge in [-0.25, -0.2) is 4.98 Å². The molecule has 5 heteroatoms. The second kappa shape index (κ2) is 6.32. The van der Waals surface area contributed by atoms with Gasteiger partial charge in [-0.1, -0.05) is 28.1 Å². The van der Waals surface area contributed by atoms with Gasteiger partial charge in [0, 0.05) is 16.1 Å². The average Bonchev–Trinajstić information content (AvgIpc) is 2.87. The van der Waals surface area contributed by atoms with Crippen LogP contribution in [0.2, 0.25) is 0 Å². The number of hydrogen-bond donors (Lipinski definition) is 1. The van der Waals surface area contributed by atoms with Crippen LogP contribution in [0.4, 0.5) is 0 Å². The smallest absolute Gasteiger partial charge is 0.209 e. The lowest BCUT2D eigenvalue weighted by atomic mass is 10.2. The third kappa shape index (κ3) is 3.65. The number of rotatable bonds is 5. The molecule has 0 saturated carbocycles. The first-order valence-electron chi connectivity index (χ1n) is 6.12. The Balaban J connectivity index is 2.09. The van der Waals surface area contributed by atoms with Crippen molar-refractivity contribution in [1.82, 2.24) is 9.88 Å². The van der Waals surface area contributed by atoms with Gasteiger partial charge in [0.1, 0.15) is 0 Å². The quantitative estimate of drug-likeness (QED) is 0.918. The number of aromatic nitrogens is 1. The third-order valence-electron chi connectivity index (χ3n) is 3.08. The summed E-state index contributed by atoms with van der Waals surface area (Å²) in [7, 11) is 1.93. The maximum atomic E-state index is 9.10. The summed E-state index contributed by atoms with van der Waals surface area (Å²) in [6.45, 7) is 2.66. The zero-order valence-corrected chi connectivity index (χ0v) is 12.6. The van der Waals surface area contributed by atoms with Gasteiger partial charge in [-0.2, -0.15) is 0 Å². The van der Waals surface area contributed by atoms with Crippen molar-refractivity contribution in [1.29, 1.82) is 0 Å². The minimum absolute atomic E-state index is 0.0861. The third-order valence-corrected chi connectivity index (χ3v) is 3.61. The summed E-state index contributed by atoms with van der Waals surface area (Å²) >= 11 is 3.40. The van der Waals surface area contributed by atoms with Gasteiger partial charge in [-0.3, -0.25) is 4.90 Å². The molecule has 19 heavy (non-hydrogen) atoms. The number of aliphatic hydroxyl groups is 1. The van der Waals surface area contributed by atoms with E-state index in [4.69, 9.17) is 9.52 Å². The maximum Gasteiger partial charge on any atom is 0.209 e. The molecule has 1 atom stereocenters. The lowest BCUT2D eigenvalue weighted by molar-refractivity contribution is 0.145. The van der Waals surface area contributed by atoms with E-state index in [-0.39, 0.29) is 12.6 Å². The molecule has 1 aromatic heterocycles. The fraction of sp³-hybridized carbons (Fsp3) is 0.357. The summed E-state index contributed by atoms with van der Waals surface area (Å²) in [5.74, 6) is 1.41. The first kappa shape index (κ1) is 14.2. The first-order chi connectivity index (χ1) is 9.10. The predicted octanol–water partition coefficient (Wildman–Crippen LogP) is 2.92. The second-order valence-electron chi connectivity index (χ2n) is 4.57. The summed E-state index contributed by atoms with van der Waals surface area (Å²) in [6.07, 6.45) is 1.73. The van der Waals surface area contributed by atoms with Gasteiger partial charge in [0.15, 0.2) is 5.76 Å². The molecular formula is C14H17BrN2O2. The summed E-state index contributed by atoms with van der Waals surface area (Å²) in [4.78, 5) is 6.27. The van der Waals surface area contributed by atoms with E-state index in [0.717, 1.165) is 15.8 Å². The fourth-order valence-electron chi connectivity index (χ4n) is 1.64. The zero-order chi connectivity index (χ0) is 13.8. The standard InChI is InChI=1S/C14H17BrN2O2/c1-10(9-18)17(2)8-14-16-7-13(19-14)11-3-5-12(15)6-4-11/h3-7,10,18H,8-9H2,1-2H3. The van der Waals surface area contributed by atoms with Crippen molar-refractivity contribution in [2.45, 2.75) is 19.5 Å². The Morgan fingerprint density at radius 2 is 2.05 bits per heavy atom. The molecule has 0 amide bonds. The van der Waals surface area contributed by atoms with Crippen molar-refractivity contribution < 1.29 is 9.52 Å². The number of likely N-dealkylation sites (N-methyl/N-ethyl adjacent to an activating group) is 1. The van der Waals surface area contributed by atoms with Crippen LogP contribution in [0.15, 0.2) is 39.4 Å². The lowest BCUT2D eigenvalue weighted by Crippen LogP contribution is -2.31. The Kier molecular flexibility index (Phi) is 4.74. The lowest BCUT2D eigenvalue weighted by Gasteiger charge is -2.20. The van der Waals surface area contributed by atoms with E-state index in [0.29, 0.717) is 12.4 Å². The number of aliphatic hydroxyl groups excluding tert-OH is 1. The minimum Gasteiger partial charge on any atom is -0.439 e. The second-order valence-corrected chi connectivity index (χ2v) is 5.49. The average molecular weight is 325 g/mol. The Morgan fingerprint density at radius 1 is 1.37 bits per heavy atom. The Hall–Kier alpha value is -1.17. The highest BCUT2D eigenvalue weighted by Crippen LogP contribution is 2.23. The number of hydrogen-bond acceptors (Lipinski definition) is 4. The van der Waals surface area contributed by atoms with Gasteiger partial charge in [0.25, 0.3) is 0 Å². The largest absolute Gasteiger partial charge is 0.439 e. The van der Waals surface area contributed by atoms with Crippen molar-refractivity contribution >= 4 is 15.9 Å². The topological polar surface area (TPSA) is 49.5 Å². The van der Waals surface area contributed by atoms with Gasteiger partial charge in [0.2, 0.25) is 5.89 Å². The molecular weight excluding hydrogens is 308 g/mol. The highest BCUT2D eigenvalue weighted by molar-refractivity contribution is 9.10. The molecule has 4 nitrogen and oxygen atoms in total. The van der Waals surface area contributed by atoms with Crippen LogP contribution in [0.1, 0.15) is 12.8 Å². The van der Waals surface area contributed by atoms with E-state index in [1.54, 1.807) is 6.20 Å². The van der Waals surface area contributed by atoms with E-state index in [2.05, 4.69) is 20.9 Å². The summed E-state index contributed by atoms with van der Waals surface area (Å²) in [5.41, 5.74) is 1.000. The molecule has 1 unspecified atom stereocenters.